The minimum Gasteiger partial charge on any atom is -0.487 e. The number of benzene rings is 3. The van der Waals surface area contributed by atoms with Crippen molar-refractivity contribution in [1.29, 1.82) is 0 Å². The number of carboxylic acid groups (broad SMARTS) is 1. The number of aromatic nitrogens is 1. The van der Waals surface area contributed by atoms with Crippen molar-refractivity contribution in [2.45, 2.75) is 26.1 Å². The zero-order valence-corrected chi connectivity index (χ0v) is 17.6. The van der Waals surface area contributed by atoms with E-state index < -0.39 is 12.1 Å². The molecule has 1 N–H and O–H groups in total. The van der Waals surface area contributed by atoms with E-state index in [1.54, 1.807) is 18.4 Å². The summed E-state index contributed by atoms with van der Waals surface area (Å²) in [5, 5.41) is 8.92. The summed E-state index contributed by atoms with van der Waals surface area (Å²) < 4.78 is 16.7. The number of rotatable bonds is 9. The Kier molecular flexibility index (Phi) is 6.51. The highest BCUT2D eigenvalue weighted by molar-refractivity contribution is 5.72. The van der Waals surface area contributed by atoms with Crippen LogP contribution in [0.15, 0.2) is 89.5 Å². The molecule has 0 radical (unpaired) electrons. The van der Waals surface area contributed by atoms with Crippen molar-refractivity contribution in [3.05, 3.63) is 102 Å². The van der Waals surface area contributed by atoms with Gasteiger partial charge in [0.2, 0.25) is 5.89 Å². The van der Waals surface area contributed by atoms with Crippen LogP contribution in [0.1, 0.15) is 23.7 Å². The van der Waals surface area contributed by atoms with Crippen LogP contribution >= 0.6 is 0 Å². The molecule has 0 amide bonds. The number of carboxylic acids is 1. The molecule has 3 aromatic carbocycles. The van der Waals surface area contributed by atoms with Crippen molar-refractivity contribution >= 4 is 5.97 Å². The van der Waals surface area contributed by atoms with Gasteiger partial charge in [0, 0.05) is 5.56 Å². The largest absolute Gasteiger partial charge is 0.487 e. The van der Waals surface area contributed by atoms with Crippen molar-refractivity contribution in [2.24, 2.45) is 0 Å². The third-order valence-electron chi connectivity index (χ3n) is 4.87. The predicted octanol–water partition coefficient (Wildman–Crippen LogP) is 5.36. The summed E-state index contributed by atoms with van der Waals surface area (Å²) in [6.07, 6.45) is 1.48. The molecule has 0 saturated heterocycles. The summed E-state index contributed by atoms with van der Waals surface area (Å²) in [5.41, 5.74) is 3.90. The molecule has 0 bridgehead atoms. The Morgan fingerprint density at radius 3 is 2.19 bits per heavy atom. The lowest BCUT2D eigenvalue weighted by molar-refractivity contribution is -0.144. The van der Waals surface area contributed by atoms with E-state index in [2.05, 4.69) is 4.98 Å². The normalized spacial score (nSPS) is 11.7. The second-order valence-corrected chi connectivity index (χ2v) is 7.36. The summed E-state index contributed by atoms with van der Waals surface area (Å²) in [4.78, 5) is 15.4. The van der Waals surface area contributed by atoms with Gasteiger partial charge in [0.1, 0.15) is 30.1 Å². The van der Waals surface area contributed by atoms with E-state index in [0.29, 0.717) is 18.2 Å². The number of aliphatic carboxylic acids is 1. The molecule has 0 spiro atoms. The van der Waals surface area contributed by atoms with Gasteiger partial charge in [-0.05, 0) is 60.9 Å². The zero-order chi connectivity index (χ0) is 22.3. The molecule has 6 heteroatoms. The minimum atomic E-state index is -0.989. The summed E-state index contributed by atoms with van der Waals surface area (Å²) in [6.45, 7) is 1.83. The second-order valence-electron chi connectivity index (χ2n) is 7.36. The molecule has 32 heavy (non-hydrogen) atoms. The SMILES string of the molecule is C[C@@H](Oc1ccc(Cc2ccc(OCc3coc(-c4ccccc4)n3)cc2)cc1)C(=O)O. The second kappa shape index (κ2) is 9.83. The first-order valence-corrected chi connectivity index (χ1v) is 10.3. The number of nitrogens with zero attached hydrogens (tertiary/aromatic N) is 1. The van der Waals surface area contributed by atoms with Gasteiger partial charge in [-0.1, -0.05) is 42.5 Å². The molecule has 6 nitrogen and oxygen atoms in total. The van der Waals surface area contributed by atoms with Gasteiger partial charge in [-0.3, -0.25) is 0 Å². The summed E-state index contributed by atoms with van der Waals surface area (Å²) in [5.74, 6) is 0.880. The Bertz CT molecular complexity index is 1150. The summed E-state index contributed by atoms with van der Waals surface area (Å²) in [6, 6.07) is 25.1. The molecule has 1 heterocycles. The topological polar surface area (TPSA) is 81.8 Å². The van der Waals surface area contributed by atoms with E-state index in [9.17, 15) is 4.79 Å². The molecule has 1 aromatic heterocycles. The number of ether oxygens (including phenoxy) is 2. The lowest BCUT2D eigenvalue weighted by Crippen LogP contribution is -2.22. The molecule has 0 fully saturated rings. The Morgan fingerprint density at radius 1 is 0.938 bits per heavy atom. The summed E-state index contributed by atoms with van der Waals surface area (Å²) >= 11 is 0. The highest BCUT2D eigenvalue weighted by atomic mass is 16.5. The Balaban J connectivity index is 1.30. The van der Waals surface area contributed by atoms with Gasteiger partial charge in [0.05, 0.1) is 0 Å². The Labute approximate surface area is 186 Å². The van der Waals surface area contributed by atoms with Crippen LogP contribution in [-0.4, -0.2) is 22.2 Å². The van der Waals surface area contributed by atoms with Crippen molar-refractivity contribution in [3.63, 3.8) is 0 Å². The molecule has 0 aliphatic rings. The zero-order valence-electron chi connectivity index (χ0n) is 17.6. The molecular formula is C26H23NO5. The quantitative estimate of drug-likeness (QED) is 0.386. The Hall–Kier alpha value is -4.06. The third-order valence-corrected chi connectivity index (χ3v) is 4.87. The van der Waals surface area contributed by atoms with Gasteiger partial charge in [-0.25, -0.2) is 9.78 Å². The molecule has 162 valence electrons. The monoisotopic (exact) mass is 429 g/mol. The standard InChI is InChI=1S/C26H23NO5/c1-18(26(28)29)32-24-13-9-20(10-14-24)15-19-7-11-23(12-8-19)30-16-22-17-31-25(27-22)21-5-3-2-4-6-21/h2-14,17-18H,15-16H2,1H3,(H,28,29)/t18-/m1/s1. The fourth-order valence-electron chi connectivity index (χ4n) is 3.12. The van der Waals surface area contributed by atoms with Crippen LogP contribution in [0.4, 0.5) is 0 Å². The molecule has 0 unspecified atom stereocenters. The number of carbonyl (C=O) groups is 1. The van der Waals surface area contributed by atoms with Crippen LogP contribution < -0.4 is 9.47 Å². The highest BCUT2D eigenvalue weighted by Crippen LogP contribution is 2.21. The smallest absolute Gasteiger partial charge is 0.344 e. The average Bonchev–Trinajstić information content (AvgIpc) is 3.29. The minimum absolute atomic E-state index is 0.325. The van der Waals surface area contributed by atoms with Crippen LogP contribution in [0.2, 0.25) is 0 Å². The van der Waals surface area contributed by atoms with E-state index >= 15 is 0 Å². The fourth-order valence-corrected chi connectivity index (χ4v) is 3.12. The van der Waals surface area contributed by atoms with Gasteiger partial charge in [-0.15, -0.1) is 0 Å². The summed E-state index contributed by atoms with van der Waals surface area (Å²) in [7, 11) is 0. The van der Waals surface area contributed by atoms with Crippen LogP contribution in [0.3, 0.4) is 0 Å². The Morgan fingerprint density at radius 2 is 1.56 bits per heavy atom. The highest BCUT2D eigenvalue weighted by Gasteiger charge is 2.12. The van der Waals surface area contributed by atoms with Gasteiger partial charge in [-0.2, -0.15) is 0 Å². The van der Waals surface area contributed by atoms with Gasteiger partial charge in [0.25, 0.3) is 0 Å². The van der Waals surface area contributed by atoms with Crippen molar-refractivity contribution < 1.29 is 23.8 Å². The number of oxazole rings is 1. The van der Waals surface area contributed by atoms with Crippen molar-refractivity contribution in [2.75, 3.05) is 0 Å². The number of hydrogen-bond donors (Lipinski definition) is 1. The van der Waals surface area contributed by atoms with Gasteiger partial charge in [0.15, 0.2) is 6.10 Å². The van der Waals surface area contributed by atoms with Crippen LogP contribution in [0.25, 0.3) is 11.5 Å². The van der Waals surface area contributed by atoms with Crippen molar-refractivity contribution in [3.8, 4) is 23.0 Å². The van der Waals surface area contributed by atoms with E-state index in [4.69, 9.17) is 19.0 Å². The molecule has 1 atom stereocenters. The van der Waals surface area contributed by atoms with Gasteiger partial charge >= 0.3 is 5.97 Å². The molecular weight excluding hydrogens is 406 g/mol. The van der Waals surface area contributed by atoms with Crippen LogP contribution in [-0.2, 0) is 17.8 Å². The first-order chi connectivity index (χ1) is 15.6. The maximum Gasteiger partial charge on any atom is 0.344 e. The lowest BCUT2D eigenvalue weighted by Gasteiger charge is -2.11. The van der Waals surface area contributed by atoms with Crippen LogP contribution in [0, 0.1) is 0 Å². The molecule has 0 saturated carbocycles. The molecule has 4 rings (SSSR count). The molecule has 4 aromatic rings. The van der Waals surface area contributed by atoms with E-state index in [1.807, 2.05) is 66.7 Å². The van der Waals surface area contributed by atoms with Gasteiger partial charge < -0.3 is 19.0 Å². The van der Waals surface area contributed by atoms with Crippen LogP contribution in [0.5, 0.6) is 11.5 Å². The average molecular weight is 429 g/mol. The van der Waals surface area contributed by atoms with Crippen molar-refractivity contribution in [1.82, 2.24) is 4.98 Å². The maximum atomic E-state index is 10.9. The third kappa shape index (κ3) is 5.55. The predicted molar refractivity (Wildman–Crippen MR) is 120 cm³/mol. The van der Waals surface area contributed by atoms with E-state index in [1.165, 1.54) is 6.92 Å². The lowest BCUT2D eigenvalue weighted by atomic mass is 10.0. The first kappa shape index (κ1) is 21.2. The maximum absolute atomic E-state index is 10.9. The van der Waals surface area contributed by atoms with E-state index in [0.717, 1.165) is 34.6 Å². The molecule has 0 aliphatic heterocycles. The molecule has 0 aliphatic carbocycles. The van der Waals surface area contributed by atoms with E-state index in [-0.39, 0.29) is 0 Å². The number of hydrogen-bond acceptors (Lipinski definition) is 5. The fraction of sp³-hybridized carbons (Fsp3) is 0.154. The first-order valence-electron chi connectivity index (χ1n) is 10.3.